The molecule has 0 aliphatic heterocycles. The van der Waals surface area contributed by atoms with Gasteiger partial charge in [0.25, 0.3) is 0 Å². The van der Waals surface area contributed by atoms with Crippen molar-refractivity contribution in [1.82, 2.24) is 14.8 Å². The van der Waals surface area contributed by atoms with Crippen LogP contribution >= 0.6 is 0 Å². The van der Waals surface area contributed by atoms with E-state index in [0.717, 1.165) is 33.3 Å². The molecule has 0 saturated carbocycles. The molecule has 28 heavy (non-hydrogen) atoms. The summed E-state index contributed by atoms with van der Waals surface area (Å²) >= 11 is 0. The maximum Gasteiger partial charge on any atom is 0.244 e. The molecule has 1 heterocycles. The first-order valence-corrected chi connectivity index (χ1v) is 9.31. The number of likely N-dealkylation sites (N-methyl/N-ethyl adjacent to an activating group) is 2. The minimum absolute atomic E-state index is 0.0588. The average Bonchev–Trinajstić information content (AvgIpc) is 2.68. The highest BCUT2D eigenvalue weighted by Gasteiger charge is 2.26. The van der Waals surface area contributed by atoms with E-state index in [-0.39, 0.29) is 11.9 Å². The third-order valence-corrected chi connectivity index (χ3v) is 4.93. The second-order valence-electron chi connectivity index (χ2n) is 7.30. The van der Waals surface area contributed by atoms with Crippen molar-refractivity contribution in [1.29, 1.82) is 0 Å². The molecule has 5 heteroatoms. The minimum atomic E-state index is -0.326. The van der Waals surface area contributed by atoms with Crippen molar-refractivity contribution >= 4 is 16.8 Å². The van der Waals surface area contributed by atoms with Crippen molar-refractivity contribution in [2.75, 3.05) is 28.3 Å². The van der Waals surface area contributed by atoms with Crippen LogP contribution in [0.25, 0.3) is 10.9 Å². The van der Waals surface area contributed by atoms with Crippen LogP contribution in [0.2, 0.25) is 0 Å². The lowest BCUT2D eigenvalue weighted by Gasteiger charge is -2.29. The number of nitrogens with zero attached hydrogens (tertiary/aromatic N) is 3. The third kappa shape index (κ3) is 3.99. The molecule has 1 aromatic heterocycles. The van der Waals surface area contributed by atoms with Crippen LogP contribution < -0.4 is 4.74 Å². The summed E-state index contributed by atoms with van der Waals surface area (Å²) in [4.78, 5) is 21.5. The van der Waals surface area contributed by atoms with Crippen LogP contribution in [0.3, 0.4) is 0 Å². The van der Waals surface area contributed by atoms with E-state index in [1.54, 1.807) is 18.2 Å². The van der Waals surface area contributed by atoms with E-state index >= 15 is 0 Å². The molecule has 0 N–H and O–H groups in total. The monoisotopic (exact) mass is 377 g/mol. The fourth-order valence-electron chi connectivity index (χ4n) is 3.55. The Morgan fingerprint density at radius 2 is 1.89 bits per heavy atom. The Balaban J connectivity index is 1.90. The maximum absolute atomic E-state index is 13.3. The van der Waals surface area contributed by atoms with E-state index in [1.807, 2.05) is 75.4 Å². The largest absolute Gasteiger partial charge is 0.494 e. The number of pyridine rings is 1. The number of aryl methyl sites for hydroxylation is 1. The Labute approximate surface area is 166 Å². The molecule has 0 aliphatic carbocycles. The van der Waals surface area contributed by atoms with Gasteiger partial charge in [0, 0.05) is 25.2 Å². The summed E-state index contributed by atoms with van der Waals surface area (Å²) in [7, 11) is 7.36. The third-order valence-electron chi connectivity index (χ3n) is 4.93. The van der Waals surface area contributed by atoms with Gasteiger partial charge in [0.15, 0.2) is 0 Å². The predicted octanol–water partition coefficient (Wildman–Crippen LogP) is 3.81. The van der Waals surface area contributed by atoms with Gasteiger partial charge in [-0.1, -0.05) is 42.0 Å². The lowest BCUT2D eigenvalue weighted by Crippen LogP contribution is -2.38. The topological polar surface area (TPSA) is 45.7 Å². The van der Waals surface area contributed by atoms with Crippen LogP contribution in [0, 0.1) is 6.92 Å². The van der Waals surface area contributed by atoms with Crippen LogP contribution in [0.15, 0.2) is 54.7 Å². The number of aromatic nitrogens is 1. The number of methoxy groups -OCH3 is 1. The SMILES string of the molecule is COc1ccc(CN(C)C(=O)[C@@H](c2cccc(C)c2)N(C)C)c2cccnc12. The van der Waals surface area contributed by atoms with Crippen molar-refractivity contribution < 1.29 is 9.53 Å². The Hall–Kier alpha value is -2.92. The molecule has 3 rings (SSSR count). The second kappa shape index (κ2) is 8.40. The summed E-state index contributed by atoms with van der Waals surface area (Å²) < 4.78 is 5.42. The Kier molecular flexibility index (Phi) is 5.95. The van der Waals surface area contributed by atoms with Gasteiger partial charge in [0.2, 0.25) is 5.91 Å². The molecule has 0 aliphatic rings. The number of amides is 1. The normalized spacial score (nSPS) is 12.2. The van der Waals surface area contributed by atoms with Crippen LogP contribution in [0.1, 0.15) is 22.7 Å². The van der Waals surface area contributed by atoms with Gasteiger partial charge in [-0.3, -0.25) is 14.7 Å². The van der Waals surface area contributed by atoms with Gasteiger partial charge in [-0.25, -0.2) is 0 Å². The fraction of sp³-hybridized carbons (Fsp3) is 0.304. The van der Waals surface area contributed by atoms with Gasteiger partial charge < -0.3 is 9.64 Å². The number of ether oxygens (including phenoxy) is 1. The number of fused-ring (bicyclic) bond motifs is 1. The summed E-state index contributed by atoms with van der Waals surface area (Å²) in [5, 5.41) is 0.999. The second-order valence-corrected chi connectivity index (χ2v) is 7.30. The molecule has 1 atom stereocenters. The molecule has 0 spiro atoms. The molecule has 3 aromatic rings. The molecular formula is C23H27N3O2. The van der Waals surface area contributed by atoms with Gasteiger partial charge in [0.05, 0.1) is 7.11 Å². The first-order valence-electron chi connectivity index (χ1n) is 9.31. The lowest BCUT2D eigenvalue weighted by molar-refractivity contribution is -0.135. The molecule has 0 saturated heterocycles. The van der Waals surface area contributed by atoms with E-state index in [9.17, 15) is 4.79 Å². The summed E-state index contributed by atoms with van der Waals surface area (Å²) in [5.74, 6) is 0.794. The highest BCUT2D eigenvalue weighted by Crippen LogP contribution is 2.28. The summed E-state index contributed by atoms with van der Waals surface area (Å²) in [6.45, 7) is 2.54. The van der Waals surface area contributed by atoms with E-state index in [0.29, 0.717) is 6.54 Å². The number of rotatable bonds is 6. The molecule has 2 aromatic carbocycles. The van der Waals surface area contributed by atoms with E-state index < -0.39 is 0 Å². The van der Waals surface area contributed by atoms with Gasteiger partial charge in [0.1, 0.15) is 17.3 Å². The molecule has 0 unspecified atom stereocenters. The van der Waals surface area contributed by atoms with Gasteiger partial charge in [-0.15, -0.1) is 0 Å². The van der Waals surface area contributed by atoms with Gasteiger partial charge in [-0.2, -0.15) is 0 Å². The Morgan fingerprint density at radius 1 is 1.11 bits per heavy atom. The molecule has 5 nitrogen and oxygen atoms in total. The Morgan fingerprint density at radius 3 is 2.57 bits per heavy atom. The van der Waals surface area contributed by atoms with E-state index in [4.69, 9.17) is 4.74 Å². The summed E-state index contributed by atoms with van der Waals surface area (Å²) in [6, 6.07) is 15.6. The minimum Gasteiger partial charge on any atom is -0.494 e. The van der Waals surface area contributed by atoms with E-state index in [2.05, 4.69) is 11.1 Å². The summed E-state index contributed by atoms with van der Waals surface area (Å²) in [6.07, 6.45) is 1.75. The van der Waals surface area contributed by atoms with Gasteiger partial charge in [-0.05, 0) is 44.3 Å². The average molecular weight is 377 g/mol. The van der Waals surface area contributed by atoms with Crippen molar-refractivity contribution in [3.63, 3.8) is 0 Å². The number of hydrogen-bond acceptors (Lipinski definition) is 4. The molecular weight excluding hydrogens is 350 g/mol. The van der Waals surface area contributed by atoms with Crippen LogP contribution in [-0.2, 0) is 11.3 Å². The summed E-state index contributed by atoms with van der Waals surface area (Å²) in [5.41, 5.74) is 4.00. The number of hydrogen-bond donors (Lipinski definition) is 0. The number of benzene rings is 2. The first kappa shape index (κ1) is 19.8. The molecule has 0 radical (unpaired) electrons. The van der Waals surface area contributed by atoms with Crippen LogP contribution in [0.5, 0.6) is 5.75 Å². The van der Waals surface area contributed by atoms with Crippen molar-refractivity contribution in [3.05, 3.63) is 71.4 Å². The molecule has 0 fully saturated rings. The number of carbonyl (C=O) groups is 1. The zero-order chi connectivity index (χ0) is 20.3. The lowest BCUT2D eigenvalue weighted by atomic mass is 10.0. The number of carbonyl (C=O) groups excluding carboxylic acids is 1. The smallest absolute Gasteiger partial charge is 0.244 e. The molecule has 1 amide bonds. The van der Waals surface area contributed by atoms with Crippen molar-refractivity contribution in [3.8, 4) is 5.75 Å². The maximum atomic E-state index is 13.3. The Bertz CT molecular complexity index is 984. The standard InChI is InChI=1S/C23H27N3O2/c1-16-8-6-9-17(14-16)22(25(2)3)23(27)26(4)15-18-11-12-20(28-5)21-19(18)10-7-13-24-21/h6-14,22H,15H2,1-5H3/t22-/m1/s1. The van der Waals surface area contributed by atoms with Crippen LogP contribution in [-0.4, -0.2) is 48.9 Å². The van der Waals surface area contributed by atoms with Crippen molar-refractivity contribution in [2.45, 2.75) is 19.5 Å². The highest BCUT2D eigenvalue weighted by atomic mass is 16.5. The van der Waals surface area contributed by atoms with Crippen molar-refractivity contribution in [2.24, 2.45) is 0 Å². The molecule has 0 bridgehead atoms. The molecule has 146 valence electrons. The quantitative estimate of drug-likeness (QED) is 0.655. The predicted molar refractivity (Wildman–Crippen MR) is 112 cm³/mol. The van der Waals surface area contributed by atoms with Gasteiger partial charge >= 0.3 is 0 Å². The fourth-order valence-corrected chi connectivity index (χ4v) is 3.55. The zero-order valence-electron chi connectivity index (χ0n) is 17.1. The zero-order valence-corrected chi connectivity index (χ0v) is 17.1. The van der Waals surface area contributed by atoms with Crippen LogP contribution in [0.4, 0.5) is 0 Å². The first-order chi connectivity index (χ1) is 13.4. The van der Waals surface area contributed by atoms with E-state index in [1.165, 1.54) is 0 Å². The highest BCUT2D eigenvalue weighted by molar-refractivity contribution is 5.88.